The van der Waals surface area contributed by atoms with E-state index in [-0.39, 0.29) is 24.3 Å². The van der Waals surface area contributed by atoms with Crippen molar-refractivity contribution < 1.29 is 14.3 Å². The molecule has 1 aromatic rings. The number of nitriles is 1. The Hall–Kier alpha value is -2.68. The molecular formula is C19H23N3O3. The summed E-state index contributed by atoms with van der Waals surface area (Å²) in [5.74, 6) is 1.24. The van der Waals surface area contributed by atoms with Crippen LogP contribution in [0.3, 0.4) is 0 Å². The summed E-state index contributed by atoms with van der Waals surface area (Å²) in [7, 11) is 1.79. The molecule has 0 radical (unpaired) electrons. The van der Waals surface area contributed by atoms with Crippen molar-refractivity contribution in [1.29, 1.82) is 5.26 Å². The lowest BCUT2D eigenvalue weighted by molar-refractivity contribution is -0.128. The topological polar surface area (TPSA) is 74.6 Å². The number of ether oxygens (including phenoxy) is 2. The van der Waals surface area contributed by atoms with Crippen molar-refractivity contribution in [2.24, 2.45) is 0 Å². The standard InChI is InChI=1S/C19H23N3O3/c1-22(16-5-3-2-4-6-16)19(23)15(10-20)12-21-11-14-7-8-17-18(9-14)25-13-24-17/h7-9,12,16,21H,2-6,11,13H2,1H3/b15-12-. The predicted molar refractivity (Wildman–Crippen MR) is 92.7 cm³/mol. The van der Waals surface area contributed by atoms with Gasteiger partial charge in [-0.25, -0.2) is 0 Å². The molecule has 0 saturated heterocycles. The van der Waals surface area contributed by atoms with Gasteiger partial charge in [0.15, 0.2) is 11.5 Å². The average Bonchev–Trinajstić information content (AvgIpc) is 3.12. The quantitative estimate of drug-likeness (QED) is 0.658. The molecule has 0 aromatic heterocycles. The van der Waals surface area contributed by atoms with Crippen molar-refractivity contribution in [3.8, 4) is 17.6 Å². The van der Waals surface area contributed by atoms with Gasteiger partial charge in [-0.05, 0) is 30.5 Å². The lowest BCUT2D eigenvalue weighted by atomic mass is 9.94. The maximum atomic E-state index is 12.5. The average molecular weight is 341 g/mol. The summed E-state index contributed by atoms with van der Waals surface area (Å²) in [6, 6.07) is 7.93. The number of hydrogen-bond donors (Lipinski definition) is 1. The maximum absolute atomic E-state index is 12.5. The second-order valence-electron chi connectivity index (χ2n) is 6.45. The molecule has 1 amide bonds. The van der Waals surface area contributed by atoms with Gasteiger partial charge in [-0.3, -0.25) is 4.79 Å². The first-order valence-electron chi connectivity index (χ1n) is 8.68. The molecule has 1 aliphatic heterocycles. The molecule has 1 aromatic carbocycles. The van der Waals surface area contributed by atoms with Crippen LogP contribution in [0.2, 0.25) is 0 Å². The highest BCUT2D eigenvalue weighted by atomic mass is 16.7. The van der Waals surface area contributed by atoms with Gasteiger partial charge in [-0.1, -0.05) is 25.3 Å². The van der Waals surface area contributed by atoms with Crippen molar-refractivity contribution >= 4 is 5.91 Å². The Kier molecular flexibility index (Phi) is 5.44. The molecule has 1 N–H and O–H groups in total. The second-order valence-corrected chi connectivity index (χ2v) is 6.45. The fraction of sp³-hybridized carbons (Fsp3) is 0.474. The zero-order valence-electron chi connectivity index (χ0n) is 14.5. The van der Waals surface area contributed by atoms with Gasteiger partial charge in [-0.15, -0.1) is 0 Å². The molecule has 2 aliphatic rings. The molecule has 1 fully saturated rings. The van der Waals surface area contributed by atoms with Crippen molar-refractivity contribution in [3.63, 3.8) is 0 Å². The number of benzene rings is 1. The fourth-order valence-corrected chi connectivity index (χ4v) is 3.29. The van der Waals surface area contributed by atoms with Crippen LogP contribution in [0.5, 0.6) is 11.5 Å². The minimum Gasteiger partial charge on any atom is -0.454 e. The molecule has 1 heterocycles. The number of nitrogens with zero attached hydrogens (tertiary/aromatic N) is 2. The molecule has 25 heavy (non-hydrogen) atoms. The summed E-state index contributed by atoms with van der Waals surface area (Å²) in [4.78, 5) is 14.2. The van der Waals surface area contributed by atoms with Gasteiger partial charge in [0.05, 0.1) is 0 Å². The van der Waals surface area contributed by atoms with Gasteiger partial charge < -0.3 is 19.7 Å². The smallest absolute Gasteiger partial charge is 0.265 e. The Balaban J connectivity index is 1.58. The summed E-state index contributed by atoms with van der Waals surface area (Å²) < 4.78 is 10.6. The SMILES string of the molecule is CN(C(=O)/C(C#N)=C\NCc1ccc2c(c1)OCO2)C1CCCCC1. The van der Waals surface area contributed by atoms with E-state index in [2.05, 4.69) is 5.32 Å². The molecule has 3 rings (SSSR count). The number of carbonyl (C=O) groups is 1. The summed E-state index contributed by atoms with van der Waals surface area (Å²) in [5.41, 5.74) is 1.12. The van der Waals surface area contributed by atoms with Crippen LogP contribution in [0, 0.1) is 11.3 Å². The zero-order valence-corrected chi connectivity index (χ0v) is 14.5. The lowest BCUT2D eigenvalue weighted by Gasteiger charge is -2.31. The summed E-state index contributed by atoms with van der Waals surface area (Å²) in [6.07, 6.45) is 7.08. The van der Waals surface area contributed by atoms with E-state index in [1.54, 1.807) is 11.9 Å². The lowest BCUT2D eigenvalue weighted by Crippen LogP contribution is -2.39. The molecular weight excluding hydrogens is 318 g/mol. The molecule has 1 saturated carbocycles. The fourth-order valence-electron chi connectivity index (χ4n) is 3.29. The largest absolute Gasteiger partial charge is 0.454 e. The van der Waals surface area contributed by atoms with Crippen LogP contribution in [0.4, 0.5) is 0 Å². The Morgan fingerprint density at radius 3 is 2.84 bits per heavy atom. The van der Waals surface area contributed by atoms with E-state index in [4.69, 9.17) is 9.47 Å². The van der Waals surface area contributed by atoms with Gasteiger partial charge in [0.2, 0.25) is 6.79 Å². The van der Waals surface area contributed by atoms with Gasteiger partial charge >= 0.3 is 0 Å². The number of nitrogens with one attached hydrogen (secondary N) is 1. The Morgan fingerprint density at radius 2 is 2.08 bits per heavy atom. The van der Waals surface area contributed by atoms with Crippen LogP contribution in [0.15, 0.2) is 30.0 Å². The first-order chi connectivity index (χ1) is 12.2. The highest BCUT2D eigenvalue weighted by molar-refractivity contribution is 5.97. The third kappa shape index (κ3) is 4.05. The van der Waals surface area contributed by atoms with Crippen LogP contribution in [-0.4, -0.2) is 30.7 Å². The Bertz CT molecular complexity index is 702. The predicted octanol–water partition coefficient (Wildman–Crippen LogP) is 2.70. The third-order valence-electron chi connectivity index (χ3n) is 4.78. The van der Waals surface area contributed by atoms with Crippen molar-refractivity contribution in [2.75, 3.05) is 13.8 Å². The molecule has 0 atom stereocenters. The number of likely N-dealkylation sites (N-methyl/N-ethyl adjacent to an activating group) is 1. The van der Waals surface area contributed by atoms with E-state index < -0.39 is 0 Å². The highest BCUT2D eigenvalue weighted by Crippen LogP contribution is 2.32. The van der Waals surface area contributed by atoms with E-state index in [0.29, 0.717) is 6.54 Å². The van der Waals surface area contributed by atoms with E-state index in [0.717, 1.165) is 42.7 Å². The van der Waals surface area contributed by atoms with Crippen LogP contribution < -0.4 is 14.8 Å². The Labute approximate surface area is 148 Å². The normalized spacial score (nSPS) is 17.0. The van der Waals surface area contributed by atoms with Gasteiger partial charge in [0.25, 0.3) is 5.91 Å². The number of amides is 1. The van der Waals surface area contributed by atoms with Crippen molar-refractivity contribution in [3.05, 3.63) is 35.5 Å². The number of fused-ring (bicyclic) bond motifs is 1. The second kappa shape index (κ2) is 7.93. The summed E-state index contributed by atoms with van der Waals surface area (Å²) in [5, 5.41) is 12.4. The molecule has 6 heteroatoms. The number of carbonyl (C=O) groups excluding carboxylic acids is 1. The number of hydrogen-bond acceptors (Lipinski definition) is 5. The van der Waals surface area contributed by atoms with Crippen LogP contribution in [-0.2, 0) is 11.3 Å². The monoisotopic (exact) mass is 341 g/mol. The molecule has 0 unspecified atom stereocenters. The zero-order chi connectivity index (χ0) is 17.6. The summed E-state index contributed by atoms with van der Waals surface area (Å²) >= 11 is 0. The molecule has 6 nitrogen and oxygen atoms in total. The van der Waals surface area contributed by atoms with E-state index in [1.165, 1.54) is 12.6 Å². The molecule has 0 spiro atoms. The van der Waals surface area contributed by atoms with E-state index in [9.17, 15) is 10.1 Å². The number of rotatable bonds is 5. The van der Waals surface area contributed by atoms with E-state index >= 15 is 0 Å². The minimum absolute atomic E-state index is 0.133. The van der Waals surface area contributed by atoms with E-state index in [1.807, 2.05) is 24.3 Å². The molecule has 0 bridgehead atoms. The summed E-state index contributed by atoms with van der Waals surface area (Å²) in [6.45, 7) is 0.745. The van der Waals surface area contributed by atoms with Crippen LogP contribution in [0.25, 0.3) is 0 Å². The van der Waals surface area contributed by atoms with Crippen LogP contribution in [0.1, 0.15) is 37.7 Å². The first-order valence-corrected chi connectivity index (χ1v) is 8.68. The van der Waals surface area contributed by atoms with Crippen molar-refractivity contribution in [2.45, 2.75) is 44.7 Å². The Morgan fingerprint density at radius 1 is 1.32 bits per heavy atom. The highest BCUT2D eigenvalue weighted by Gasteiger charge is 2.24. The van der Waals surface area contributed by atoms with Crippen molar-refractivity contribution in [1.82, 2.24) is 10.2 Å². The van der Waals surface area contributed by atoms with Gasteiger partial charge in [0.1, 0.15) is 11.6 Å². The maximum Gasteiger partial charge on any atom is 0.265 e. The third-order valence-corrected chi connectivity index (χ3v) is 4.78. The van der Waals surface area contributed by atoms with Gasteiger partial charge in [-0.2, -0.15) is 5.26 Å². The van der Waals surface area contributed by atoms with Gasteiger partial charge in [0, 0.05) is 25.8 Å². The molecule has 132 valence electrons. The minimum atomic E-state index is -0.215. The molecule has 1 aliphatic carbocycles. The van der Waals surface area contributed by atoms with Crippen LogP contribution >= 0.6 is 0 Å². The first kappa shape index (κ1) is 17.2.